The van der Waals surface area contributed by atoms with Crippen LogP contribution in [0.2, 0.25) is 5.02 Å². The van der Waals surface area contributed by atoms with E-state index in [-0.39, 0.29) is 0 Å². The maximum atomic E-state index is 6.25. The highest BCUT2D eigenvalue weighted by molar-refractivity contribution is 6.31. The van der Waals surface area contributed by atoms with E-state index in [1.54, 1.807) is 6.20 Å². The molecule has 0 fully saturated rings. The topological polar surface area (TPSA) is 24.9 Å². The van der Waals surface area contributed by atoms with Crippen molar-refractivity contribution < 1.29 is 0 Å². The van der Waals surface area contributed by atoms with E-state index < -0.39 is 0 Å². The maximum absolute atomic E-state index is 6.25. The number of pyridine rings is 1. The summed E-state index contributed by atoms with van der Waals surface area (Å²) in [6.45, 7) is 6.24. The van der Waals surface area contributed by atoms with Gasteiger partial charge in [0.15, 0.2) is 0 Å². The lowest BCUT2D eigenvalue weighted by molar-refractivity contribution is 0.592. The predicted octanol–water partition coefficient (Wildman–Crippen LogP) is 3.98. The van der Waals surface area contributed by atoms with Crippen LogP contribution in [0.1, 0.15) is 29.5 Å². The fourth-order valence-corrected chi connectivity index (χ4v) is 2.69. The van der Waals surface area contributed by atoms with Gasteiger partial charge in [0.1, 0.15) is 0 Å². The van der Waals surface area contributed by atoms with Gasteiger partial charge in [-0.1, -0.05) is 42.8 Å². The summed E-state index contributed by atoms with van der Waals surface area (Å²) in [4.78, 5) is 4.06. The summed E-state index contributed by atoms with van der Waals surface area (Å²) >= 11 is 6.25. The van der Waals surface area contributed by atoms with Gasteiger partial charge in [-0.15, -0.1) is 0 Å². The number of hydrogen-bond acceptors (Lipinski definition) is 2. The zero-order valence-electron chi connectivity index (χ0n) is 12.1. The highest BCUT2D eigenvalue weighted by Crippen LogP contribution is 2.26. The molecular weight excluding hydrogens is 268 g/mol. The molecule has 0 spiro atoms. The summed E-state index contributed by atoms with van der Waals surface area (Å²) in [6, 6.07) is 10.6. The van der Waals surface area contributed by atoms with Crippen molar-refractivity contribution in [2.24, 2.45) is 0 Å². The molecule has 0 aliphatic rings. The smallest absolute Gasteiger partial charge is 0.0621 e. The second-order valence-electron chi connectivity index (χ2n) is 5.03. The molecule has 2 rings (SSSR count). The Hall–Kier alpha value is -1.38. The lowest BCUT2D eigenvalue weighted by Crippen LogP contribution is -2.23. The van der Waals surface area contributed by atoms with Crippen LogP contribution in [0.15, 0.2) is 42.7 Å². The number of nitrogens with zero attached hydrogens (tertiary/aromatic N) is 1. The number of benzene rings is 1. The van der Waals surface area contributed by atoms with E-state index in [1.165, 1.54) is 11.1 Å². The van der Waals surface area contributed by atoms with Crippen molar-refractivity contribution >= 4 is 11.6 Å². The van der Waals surface area contributed by atoms with E-state index in [0.717, 1.165) is 30.1 Å². The van der Waals surface area contributed by atoms with Crippen molar-refractivity contribution in [1.82, 2.24) is 10.3 Å². The van der Waals surface area contributed by atoms with E-state index >= 15 is 0 Å². The van der Waals surface area contributed by atoms with Crippen molar-refractivity contribution in [2.45, 2.75) is 26.2 Å². The lowest BCUT2D eigenvalue weighted by Gasteiger charge is -2.20. The van der Waals surface area contributed by atoms with Crippen molar-refractivity contribution in [3.63, 3.8) is 0 Å². The molecule has 1 aromatic heterocycles. The highest BCUT2D eigenvalue weighted by Gasteiger charge is 2.15. The Bertz CT molecular complexity index is 554. The number of aromatic nitrogens is 1. The molecule has 2 aromatic rings. The summed E-state index contributed by atoms with van der Waals surface area (Å²) < 4.78 is 0. The minimum Gasteiger partial charge on any atom is -0.316 e. The van der Waals surface area contributed by atoms with Gasteiger partial charge in [-0.25, -0.2) is 0 Å². The Labute approximate surface area is 126 Å². The SMILES string of the molecule is CCNCC(Cc1ccncc1Cl)c1ccccc1C. The number of likely N-dealkylation sites (N-methyl/N-ethyl adjacent to an activating group) is 1. The third-order valence-corrected chi connectivity index (χ3v) is 3.93. The molecule has 0 saturated carbocycles. The third-order valence-electron chi connectivity index (χ3n) is 3.59. The normalized spacial score (nSPS) is 12.3. The van der Waals surface area contributed by atoms with Crippen molar-refractivity contribution in [3.05, 3.63) is 64.4 Å². The van der Waals surface area contributed by atoms with Crippen LogP contribution in [0.4, 0.5) is 0 Å². The van der Waals surface area contributed by atoms with Crippen molar-refractivity contribution in [3.8, 4) is 0 Å². The summed E-state index contributed by atoms with van der Waals surface area (Å²) in [5, 5.41) is 4.21. The first-order valence-electron chi connectivity index (χ1n) is 7.07. The number of halogens is 1. The van der Waals surface area contributed by atoms with Gasteiger partial charge in [-0.2, -0.15) is 0 Å². The molecule has 1 N–H and O–H groups in total. The lowest BCUT2D eigenvalue weighted by atomic mass is 9.89. The molecule has 0 aliphatic carbocycles. The standard InChI is InChI=1S/C17H21ClN2/c1-3-19-11-15(16-7-5-4-6-13(16)2)10-14-8-9-20-12-17(14)18/h4-9,12,15,19H,3,10-11H2,1-2H3. The quantitative estimate of drug-likeness (QED) is 0.870. The molecule has 0 saturated heterocycles. The first kappa shape index (κ1) is 15.0. The number of nitrogens with one attached hydrogen (secondary N) is 1. The average molecular weight is 289 g/mol. The van der Waals surface area contributed by atoms with Crippen molar-refractivity contribution in [2.75, 3.05) is 13.1 Å². The third kappa shape index (κ3) is 3.81. The molecular formula is C17H21ClN2. The highest BCUT2D eigenvalue weighted by atomic mass is 35.5. The first-order valence-corrected chi connectivity index (χ1v) is 7.44. The Morgan fingerprint density at radius 3 is 2.75 bits per heavy atom. The monoisotopic (exact) mass is 288 g/mol. The number of hydrogen-bond donors (Lipinski definition) is 1. The molecule has 0 aliphatic heterocycles. The van der Waals surface area contributed by atoms with Crippen LogP contribution in [0.3, 0.4) is 0 Å². The van der Waals surface area contributed by atoms with Crippen LogP contribution in [0.5, 0.6) is 0 Å². The fraction of sp³-hybridized carbons (Fsp3) is 0.353. The zero-order valence-corrected chi connectivity index (χ0v) is 12.8. The Morgan fingerprint density at radius 2 is 2.05 bits per heavy atom. The van der Waals surface area contributed by atoms with Crippen LogP contribution in [-0.4, -0.2) is 18.1 Å². The van der Waals surface area contributed by atoms with Gasteiger partial charge in [-0.3, -0.25) is 4.98 Å². The second-order valence-corrected chi connectivity index (χ2v) is 5.44. The fourth-order valence-electron chi connectivity index (χ4n) is 2.49. The first-order chi connectivity index (χ1) is 9.72. The molecule has 1 aromatic carbocycles. The molecule has 2 nitrogen and oxygen atoms in total. The summed E-state index contributed by atoms with van der Waals surface area (Å²) in [5.41, 5.74) is 3.88. The molecule has 1 atom stereocenters. The Balaban J connectivity index is 2.24. The van der Waals surface area contributed by atoms with Gasteiger partial charge in [0, 0.05) is 24.9 Å². The molecule has 0 bridgehead atoms. The van der Waals surface area contributed by atoms with E-state index in [4.69, 9.17) is 11.6 Å². The Morgan fingerprint density at radius 1 is 1.25 bits per heavy atom. The minimum atomic E-state index is 0.427. The molecule has 0 radical (unpaired) electrons. The van der Waals surface area contributed by atoms with E-state index in [0.29, 0.717) is 5.92 Å². The summed E-state index contributed by atoms with van der Waals surface area (Å²) in [7, 11) is 0. The summed E-state index contributed by atoms with van der Waals surface area (Å²) in [5.74, 6) is 0.427. The van der Waals surface area contributed by atoms with E-state index in [9.17, 15) is 0 Å². The Kier molecular flexibility index (Phi) is 5.57. The summed E-state index contributed by atoms with van der Waals surface area (Å²) in [6.07, 6.45) is 4.46. The largest absolute Gasteiger partial charge is 0.316 e. The molecule has 106 valence electrons. The van der Waals surface area contributed by atoms with Crippen molar-refractivity contribution in [1.29, 1.82) is 0 Å². The van der Waals surface area contributed by atoms with Gasteiger partial charge in [0.05, 0.1) is 5.02 Å². The van der Waals surface area contributed by atoms with Gasteiger partial charge in [-0.05, 0) is 42.6 Å². The molecule has 1 heterocycles. The van der Waals surface area contributed by atoms with Gasteiger partial charge < -0.3 is 5.32 Å². The van der Waals surface area contributed by atoms with Crippen LogP contribution in [0, 0.1) is 6.92 Å². The van der Waals surface area contributed by atoms with Crippen LogP contribution < -0.4 is 5.32 Å². The molecule has 1 unspecified atom stereocenters. The molecule has 0 amide bonds. The molecule has 3 heteroatoms. The number of aryl methyl sites for hydroxylation is 1. The van der Waals surface area contributed by atoms with Gasteiger partial charge in [0.25, 0.3) is 0 Å². The number of rotatable bonds is 6. The van der Waals surface area contributed by atoms with Crippen LogP contribution in [0.25, 0.3) is 0 Å². The minimum absolute atomic E-state index is 0.427. The van der Waals surface area contributed by atoms with Crippen LogP contribution >= 0.6 is 11.6 Å². The molecule has 20 heavy (non-hydrogen) atoms. The van der Waals surface area contributed by atoms with E-state index in [2.05, 4.69) is 48.4 Å². The van der Waals surface area contributed by atoms with Gasteiger partial charge in [0.2, 0.25) is 0 Å². The zero-order chi connectivity index (χ0) is 14.4. The maximum Gasteiger partial charge on any atom is 0.0621 e. The van der Waals surface area contributed by atoms with Gasteiger partial charge >= 0.3 is 0 Å². The van der Waals surface area contributed by atoms with E-state index in [1.807, 2.05) is 12.3 Å². The van der Waals surface area contributed by atoms with Crippen LogP contribution in [-0.2, 0) is 6.42 Å². The predicted molar refractivity (Wildman–Crippen MR) is 85.4 cm³/mol. The average Bonchev–Trinajstić information content (AvgIpc) is 2.46. The second kappa shape index (κ2) is 7.41.